The highest BCUT2D eigenvalue weighted by Gasteiger charge is 2.26. The van der Waals surface area contributed by atoms with Crippen molar-refractivity contribution in [1.82, 2.24) is 14.7 Å². The first-order valence-electron chi connectivity index (χ1n) is 8.65. The highest BCUT2D eigenvalue weighted by Crippen LogP contribution is 2.29. The Balaban J connectivity index is 1.72. The molecular weight excluding hydrogens is 370 g/mol. The Kier molecular flexibility index (Phi) is 6.12. The fourth-order valence-corrected chi connectivity index (χ4v) is 3.29. The average Bonchev–Trinajstić information content (AvgIpc) is 3.07. The van der Waals surface area contributed by atoms with Crippen LogP contribution < -0.4 is 9.47 Å². The molecule has 0 radical (unpaired) electrons. The number of likely N-dealkylation sites (tertiary alicyclic amines) is 1. The normalized spacial score (nSPS) is 15.5. The third kappa shape index (κ3) is 4.48. The van der Waals surface area contributed by atoms with E-state index in [1.807, 2.05) is 12.1 Å². The number of methoxy groups -OCH3 is 3. The molecule has 0 bridgehead atoms. The number of carbonyl (C=O) groups is 1. The van der Waals surface area contributed by atoms with Crippen LogP contribution in [0.3, 0.4) is 0 Å². The number of esters is 1. The van der Waals surface area contributed by atoms with E-state index in [0.717, 1.165) is 31.5 Å². The van der Waals surface area contributed by atoms with E-state index in [2.05, 4.69) is 10.00 Å². The Hall–Kier alpha value is -2.39. The van der Waals surface area contributed by atoms with E-state index in [1.165, 1.54) is 7.11 Å². The van der Waals surface area contributed by atoms with Crippen molar-refractivity contribution in [2.45, 2.75) is 19.5 Å². The molecular formula is C18H23N3O5S. The van der Waals surface area contributed by atoms with E-state index >= 15 is 0 Å². The summed E-state index contributed by atoms with van der Waals surface area (Å²) in [6.45, 7) is 2.06. The van der Waals surface area contributed by atoms with Crippen LogP contribution in [0.5, 0.6) is 11.5 Å². The molecule has 1 aromatic carbocycles. The lowest BCUT2D eigenvalue weighted by Gasteiger charge is -2.29. The molecule has 9 heteroatoms. The van der Waals surface area contributed by atoms with Crippen molar-refractivity contribution in [3.05, 3.63) is 23.0 Å². The van der Waals surface area contributed by atoms with Crippen molar-refractivity contribution in [1.29, 1.82) is 0 Å². The summed E-state index contributed by atoms with van der Waals surface area (Å²) in [5.74, 6) is 1.52. The van der Waals surface area contributed by atoms with Gasteiger partial charge in [-0.3, -0.25) is 9.69 Å². The smallest absolute Gasteiger partial charge is 0.308 e. The average molecular weight is 393 g/mol. The summed E-state index contributed by atoms with van der Waals surface area (Å²) in [5, 5.41) is 4.50. The molecule has 0 N–H and O–H groups in total. The van der Waals surface area contributed by atoms with Gasteiger partial charge in [0.25, 0.3) is 4.84 Å². The van der Waals surface area contributed by atoms with Gasteiger partial charge in [-0.2, -0.15) is 0 Å². The molecule has 1 saturated heterocycles. The molecule has 0 unspecified atom stereocenters. The maximum Gasteiger partial charge on any atom is 0.308 e. The molecule has 146 valence electrons. The number of hydrogen-bond donors (Lipinski definition) is 0. The van der Waals surface area contributed by atoms with E-state index in [1.54, 1.807) is 25.0 Å². The zero-order chi connectivity index (χ0) is 19.4. The zero-order valence-electron chi connectivity index (χ0n) is 15.6. The molecule has 0 saturated carbocycles. The quantitative estimate of drug-likeness (QED) is 0.548. The van der Waals surface area contributed by atoms with Gasteiger partial charge in [0.1, 0.15) is 11.5 Å². The first kappa shape index (κ1) is 19.4. The SMILES string of the molecule is COC(=O)C1CCN(Cn2nc(-c3cc(OC)cc(OC)c3)oc2=S)CC1. The second kappa shape index (κ2) is 8.53. The Bertz CT molecular complexity index is 833. The highest BCUT2D eigenvalue weighted by molar-refractivity contribution is 7.71. The van der Waals surface area contributed by atoms with Crippen LogP contribution in [0.4, 0.5) is 0 Å². The Morgan fingerprint density at radius 2 is 1.81 bits per heavy atom. The second-order valence-corrected chi connectivity index (χ2v) is 6.68. The van der Waals surface area contributed by atoms with Gasteiger partial charge < -0.3 is 18.6 Å². The van der Waals surface area contributed by atoms with Crippen LogP contribution in [0.2, 0.25) is 0 Å². The van der Waals surface area contributed by atoms with Crippen molar-refractivity contribution >= 4 is 18.2 Å². The monoisotopic (exact) mass is 393 g/mol. The first-order chi connectivity index (χ1) is 13.0. The van der Waals surface area contributed by atoms with Crippen molar-refractivity contribution in [2.24, 2.45) is 5.92 Å². The van der Waals surface area contributed by atoms with Crippen LogP contribution in [0.15, 0.2) is 22.6 Å². The third-order valence-electron chi connectivity index (χ3n) is 4.66. The van der Waals surface area contributed by atoms with E-state index in [4.69, 9.17) is 30.8 Å². The van der Waals surface area contributed by atoms with Crippen LogP contribution in [0.1, 0.15) is 12.8 Å². The topological polar surface area (TPSA) is 79.0 Å². The molecule has 1 aliphatic heterocycles. The number of aromatic nitrogens is 2. The molecule has 0 spiro atoms. The predicted octanol–water partition coefficient (Wildman–Crippen LogP) is 2.73. The van der Waals surface area contributed by atoms with E-state index in [-0.39, 0.29) is 11.9 Å². The van der Waals surface area contributed by atoms with Crippen LogP contribution in [-0.2, 0) is 16.2 Å². The fraction of sp³-hybridized carbons (Fsp3) is 0.500. The third-order valence-corrected chi connectivity index (χ3v) is 4.95. The van der Waals surface area contributed by atoms with Gasteiger partial charge >= 0.3 is 5.97 Å². The van der Waals surface area contributed by atoms with Crippen LogP contribution >= 0.6 is 12.2 Å². The number of rotatable bonds is 6. The predicted molar refractivity (Wildman–Crippen MR) is 100 cm³/mol. The van der Waals surface area contributed by atoms with Gasteiger partial charge in [0.05, 0.1) is 33.9 Å². The number of nitrogens with zero attached hydrogens (tertiary/aromatic N) is 3. The molecule has 0 aliphatic carbocycles. The number of benzene rings is 1. The fourth-order valence-electron chi connectivity index (χ4n) is 3.11. The van der Waals surface area contributed by atoms with Gasteiger partial charge in [0.2, 0.25) is 5.89 Å². The van der Waals surface area contributed by atoms with Gasteiger partial charge in [-0.25, -0.2) is 4.68 Å². The lowest BCUT2D eigenvalue weighted by atomic mass is 9.97. The van der Waals surface area contributed by atoms with Crippen molar-refractivity contribution in [3.8, 4) is 23.0 Å². The first-order valence-corrected chi connectivity index (χ1v) is 9.06. The van der Waals surface area contributed by atoms with Gasteiger partial charge in [-0.15, -0.1) is 5.10 Å². The van der Waals surface area contributed by atoms with E-state index < -0.39 is 0 Å². The number of carbonyl (C=O) groups excluding carboxylic acids is 1. The summed E-state index contributed by atoms with van der Waals surface area (Å²) in [7, 11) is 4.61. The number of ether oxygens (including phenoxy) is 3. The van der Waals surface area contributed by atoms with E-state index in [9.17, 15) is 4.79 Å². The molecule has 8 nitrogen and oxygen atoms in total. The Morgan fingerprint density at radius 1 is 1.19 bits per heavy atom. The lowest BCUT2D eigenvalue weighted by molar-refractivity contribution is -0.147. The van der Waals surface area contributed by atoms with Crippen molar-refractivity contribution in [3.63, 3.8) is 0 Å². The van der Waals surface area contributed by atoms with E-state index in [0.29, 0.717) is 28.9 Å². The molecule has 2 aromatic rings. The van der Waals surface area contributed by atoms with Gasteiger partial charge in [0, 0.05) is 24.7 Å². The maximum absolute atomic E-state index is 11.6. The number of piperidine rings is 1. The van der Waals surface area contributed by atoms with Crippen LogP contribution in [0, 0.1) is 10.8 Å². The summed E-state index contributed by atoms with van der Waals surface area (Å²) in [4.78, 5) is 14.1. The molecule has 27 heavy (non-hydrogen) atoms. The minimum atomic E-state index is -0.137. The van der Waals surface area contributed by atoms with Crippen LogP contribution in [-0.4, -0.2) is 55.1 Å². The van der Waals surface area contributed by atoms with Gasteiger partial charge in [-0.05, 0) is 37.2 Å². The van der Waals surface area contributed by atoms with Crippen molar-refractivity contribution in [2.75, 3.05) is 34.4 Å². The largest absolute Gasteiger partial charge is 0.497 e. The lowest BCUT2D eigenvalue weighted by Crippen LogP contribution is -2.38. The molecule has 3 rings (SSSR count). The summed E-state index contributed by atoms with van der Waals surface area (Å²) in [5.41, 5.74) is 0.723. The molecule has 1 fully saturated rings. The molecule has 0 atom stereocenters. The number of hydrogen-bond acceptors (Lipinski definition) is 8. The summed E-state index contributed by atoms with van der Waals surface area (Å²) in [6, 6.07) is 5.41. The Morgan fingerprint density at radius 3 is 2.37 bits per heavy atom. The highest BCUT2D eigenvalue weighted by atomic mass is 32.1. The minimum Gasteiger partial charge on any atom is -0.497 e. The summed E-state index contributed by atoms with van der Waals surface area (Å²) < 4.78 is 22.7. The zero-order valence-corrected chi connectivity index (χ0v) is 16.5. The maximum atomic E-state index is 11.6. The summed E-state index contributed by atoms with van der Waals surface area (Å²) in [6.07, 6.45) is 1.52. The second-order valence-electron chi connectivity index (χ2n) is 6.33. The van der Waals surface area contributed by atoms with Crippen molar-refractivity contribution < 1.29 is 23.4 Å². The Labute approximate surface area is 162 Å². The summed E-state index contributed by atoms with van der Waals surface area (Å²) >= 11 is 5.32. The van der Waals surface area contributed by atoms with Crippen LogP contribution in [0.25, 0.3) is 11.5 Å². The van der Waals surface area contributed by atoms with Gasteiger partial charge in [-0.1, -0.05) is 0 Å². The standard InChI is InChI=1S/C18H23N3O5S/c1-23-14-8-13(9-15(10-14)24-2)16-19-21(18(27)26-16)11-20-6-4-12(5-7-20)17(22)25-3/h8-10,12H,4-7,11H2,1-3H3. The molecule has 1 aromatic heterocycles. The minimum absolute atomic E-state index is 0.0312. The van der Waals surface area contributed by atoms with Gasteiger partial charge in [0.15, 0.2) is 0 Å². The molecule has 2 heterocycles. The molecule has 1 aliphatic rings. The molecule has 0 amide bonds.